The molecule has 1 N–H and O–H groups in total. The van der Waals surface area contributed by atoms with Crippen LogP contribution in [0.1, 0.15) is 25.3 Å². The molecule has 6 rings (SSSR count). The molecule has 0 aliphatic carbocycles. The first-order valence-electron chi connectivity index (χ1n) is 12.8. The lowest BCUT2D eigenvalue weighted by molar-refractivity contribution is -0.132. The first-order valence-corrected chi connectivity index (χ1v) is 13.1. The van der Waals surface area contributed by atoms with Crippen molar-refractivity contribution in [2.75, 3.05) is 11.5 Å². The number of amides is 1. The van der Waals surface area contributed by atoms with E-state index >= 15 is 0 Å². The fourth-order valence-corrected chi connectivity index (χ4v) is 7.07. The van der Waals surface area contributed by atoms with E-state index in [0.29, 0.717) is 32.9 Å². The molecule has 4 unspecified atom stereocenters. The van der Waals surface area contributed by atoms with Crippen LogP contribution in [-0.4, -0.2) is 51.7 Å². The highest BCUT2D eigenvalue weighted by Crippen LogP contribution is 2.67. The Kier molecular flexibility index (Phi) is 6.07. The number of carbonyl (C=O) groups is 1. The molecule has 1 amide bonds. The first-order chi connectivity index (χ1) is 19.3. The summed E-state index contributed by atoms with van der Waals surface area (Å²) >= 11 is 5.93. The Morgan fingerprint density at radius 1 is 1.32 bits per heavy atom. The van der Waals surface area contributed by atoms with Gasteiger partial charge in [0.05, 0.1) is 35.2 Å². The second-order valence-corrected chi connectivity index (χ2v) is 10.9. The average molecular weight is 559 g/mol. The Balaban J connectivity index is 1.44. The highest BCUT2D eigenvalue weighted by molar-refractivity contribution is 6.30. The number of hydrogen-bond donors (Lipinski definition) is 1. The van der Waals surface area contributed by atoms with Crippen molar-refractivity contribution in [1.82, 2.24) is 4.98 Å². The lowest BCUT2D eigenvalue weighted by atomic mass is 9.61. The maximum Gasteiger partial charge on any atom is 0.238 e. The largest absolute Gasteiger partial charge is 0.711 e. The Morgan fingerprint density at radius 2 is 2.10 bits per heavy atom. The highest BCUT2D eigenvalue weighted by Gasteiger charge is 2.84. The summed E-state index contributed by atoms with van der Waals surface area (Å²) in [6.07, 6.45) is 0.915. The summed E-state index contributed by atoms with van der Waals surface area (Å²) in [6.45, 7) is 5.48. The number of carbonyl (C=O) groups excluding carboxylic acids is 1. The molecule has 3 aliphatic rings. The molecule has 2 bridgehead atoms. The van der Waals surface area contributed by atoms with Gasteiger partial charge in [0.25, 0.3) is 0 Å². The maximum absolute atomic E-state index is 14.3. The number of aliphatic hydroxyl groups excluding tert-OH is 1. The third-order valence-electron chi connectivity index (χ3n) is 8.60. The van der Waals surface area contributed by atoms with Gasteiger partial charge in [0.1, 0.15) is 28.8 Å². The van der Waals surface area contributed by atoms with E-state index in [4.69, 9.17) is 25.8 Å². The van der Waals surface area contributed by atoms with Crippen molar-refractivity contribution in [1.29, 1.82) is 5.26 Å². The van der Waals surface area contributed by atoms with Gasteiger partial charge < -0.3 is 30.0 Å². The molecule has 40 heavy (non-hydrogen) atoms. The lowest BCUT2D eigenvalue weighted by Gasteiger charge is -2.47. The molecule has 3 fully saturated rings. The van der Waals surface area contributed by atoms with Gasteiger partial charge in [0.15, 0.2) is 6.23 Å². The Hall–Kier alpha value is -4.04. The number of aliphatic hydroxyl groups is 1. The van der Waals surface area contributed by atoms with Gasteiger partial charge in [0.2, 0.25) is 11.8 Å². The van der Waals surface area contributed by atoms with Crippen LogP contribution in [0.25, 0.3) is 16.3 Å². The highest BCUT2D eigenvalue weighted by atomic mass is 35.5. The zero-order valence-electron chi connectivity index (χ0n) is 21.5. The topological polar surface area (TPSA) is 140 Å². The standard InChI is InChI=1S/C29H25ClN5O5/c1-3-38-22-14-28(12-13-39-23-11-9-18(30)16-33-23)29(34-32)24(27(22,2)40-28)25(36)35(26(29)37)21-10-8-17(15-31)19-6-4-5-7-20(19)21/h3-11,16,22,24,26,37H,1,12-14H2,2H3/q-1/t22-,24?,26?,27?,28?,29-/m0/s1. The van der Waals surface area contributed by atoms with E-state index < -0.39 is 40.9 Å². The van der Waals surface area contributed by atoms with E-state index in [1.807, 2.05) is 0 Å². The summed E-state index contributed by atoms with van der Waals surface area (Å²) in [4.78, 5) is 19.7. The molecule has 11 heteroatoms. The van der Waals surface area contributed by atoms with Crippen molar-refractivity contribution in [2.45, 2.75) is 48.8 Å². The summed E-state index contributed by atoms with van der Waals surface area (Å²) in [7, 11) is 0. The number of hydrogen-bond acceptors (Lipinski definition) is 8. The minimum atomic E-state index is -1.76. The van der Waals surface area contributed by atoms with Gasteiger partial charge in [-0.3, -0.25) is 9.69 Å². The van der Waals surface area contributed by atoms with Crippen molar-refractivity contribution in [3.8, 4) is 11.9 Å². The Labute approximate surface area is 235 Å². The molecule has 0 radical (unpaired) electrons. The van der Waals surface area contributed by atoms with Crippen LogP contribution in [0.5, 0.6) is 5.88 Å². The molecule has 1 aromatic heterocycles. The van der Waals surface area contributed by atoms with Gasteiger partial charge in [-0.2, -0.15) is 5.26 Å². The van der Waals surface area contributed by atoms with Crippen molar-refractivity contribution in [3.05, 3.63) is 83.7 Å². The van der Waals surface area contributed by atoms with Gasteiger partial charge >= 0.3 is 0 Å². The molecule has 0 spiro atoms. The molecule has 6 atom stereocenters. The first kappa shape index (κ1) is 26.2. The van der Waals surface area contributed by atoms with Gasteiger partial charge in [0, 0.05) is 35.9 Å². The third-order valence-corrected chi connectivity index (χ3v) is 8.82. The maximum atomic E-state index is 14.3. The van der Waals surface area contributed by atoms with E-state index in [2.05, 4.69) is 22.7 Å². The molecule has 2 aromatic carbocycles. The minimum absolute atomic E-state index is 0.0796. The van der Waals surface area contributed by atoms with Crippen LogP contribution < -0.4 is 9.64 Å². The number of anilines is 1. The zero-order chi connectivity index (χ0) is 28.3. The van der Waals surface area contributed by atoms with Crippen LogP contribution in [0.15, 0.2) is 72.7 Å². The summed E-state index contributed by atoms with van der Waals surface area (Å²) in [5.74, 6) is -1.25. The molecular weight excluding hydrogens is 534 g/mol. The number of pyridine rings is 1. The molecule has 4 heterocycles. The number of fused-ring (bicyclic) bond motifs is 6. The van der Waals surface area contributed by atoms with Gasteiger partial charge in [-0.1, -0.05) is 42.4 Å². The number of aromatic nitrogens is 1. The SMILES string of the molecule is C=CO[C@H]1CC2(CCOc3ccc(Cl)cn3)OC1(C)C1C(=O)N(c3ccc(C#N)c4ccccc34)C(O)[C@@]12N=[N-]. The summed E-state index contributed by atoms with van der Waals surface area (Å²) in [6, 6.07) is 15.8. The molecular formula is C29H25ClN5O5-. The number of nitrogens with zero attached hydrogens (tertiary/aromatic N) is 5. The Bertz CT molecular complexity index is 1580. The fourth-order valence-electron chi connectivity index (χ4n) is 6.96. The zero-order valence-corrected chi connectivity index (χ0v) is 22.3. The van der Waals surface area contributed by atoms with E-state index in [-0.39, 0.29) is 19.4 Å². The molecule has 204 valence electrons. The number of ether oxygens (including phenoxy) is 3. The molecule has 0 saturated carbocycles. The molecule has 10 nitrogen and oxygen atoms in total. The van der Waals surface area contributed by atoms with Gasteiger partial charge in [-0.05, 0) is 25.1 Å². The number of halogens is 1. The lowest BCUT2D eigenvalue weighted by Crippen LogP contribution is -2.63. The predicted octanol–water partition coefficient (Wildman–Crippen LogP) is 4.73. The Morgan fingerprint density at radius 3 is 2.77 bits per heavy atom. The normalized spacial score (nSPS) is 32.1. The second-order valence-electron chi connectivity index (χ2n) is 10.4. The van der Waals surface area contributed by atoms with Crippen LogP contribution in [0.3, 0.4) is 0 Å². The fraction of sp³-hybridized carbons (Fsp3) is 0.345. The van der Waals surface area contributed by atoms with Crippen molar-refractivity contribution < 1.29 is 24.1 Å². The van der Waals surface area contributed by atoms with Crippen LogP contribution in [0, 0.1) is 17.2 Å². The summed E-state index contributed by atoms with van der Waals surface area (Å²) in [5.41, 5.74) is 7.15. The second kappa shape index (κ2) is 9.27. The quantitative estimate of drug-likeness (QED) is 0.311. The summed E-state index contributed by atoms with van der Waals surface area (Å²) < 4.78 is 18.3. The smallest absolute Gasteiger partial charge is 0.238 e. The van der Waals surface area contributed by atoms with E-state index in [0.717, 1.165) is 0 Å². The van der Waals surface area contributed by atoms with E-state index in [1.165, 1.54) is 17.4 Å². The molecule has 3 aromatic rings. The van der Waals surface area contributed by atoms with Crippen molar-refractivity contribution in [2.24, 2.45) is 11.0 Å². The third kappa shape index (κ3) is 3.35. The molecule has 3 aliphatic heterocycles. The predicted molar refractivity (Wildman–Crippen MR) is 145 cm³/mol. The van der Waals surface area contributed by atoms with Gasteiger partial charge in [-0.15, -0.1) is 0 Å². The van der Waals surface area contributed by atoms with Crippen LogP contribution in [-0.2, 0) is 14.3 Å². The monoisotopic (exact) mass is 558 g/mol. The van der Waals surface area contributed by atoms with Crippen LogP contribution >= 0.6 is 11.6 Å². The molecule has 3 saturated heterocycles. The number of rotatable bonds is 8. The summed E-state index contributed by atoms with van der Waals surface area (Å²) in [5, 5.41) is 27.1. The van der Waals surface area contributed by atoms with Crippen LogP contribution in [0.2, 0.25) is 5.02 Å². The minimum Gasteiger partial charge on any atom is -0.711 e. The van der Waals surface area contributed by atoms with Crippen molar-refractivity contribution >= 4 is 34.0 Å². The average Bonchev–Trinajstić information content (AvgIpc) is 3.47. The van der Waals surface area contributed by atoms with Crippen LogP contribution in [0.4, 0.5) is 5.69 Å². The number of benzene rings is 2. The van der Waals surface area contributed by atoms with Crippen molar-refractivity contribution in [3.63, 3.8) is 0 Å². The number of nitriles is 1. The van der Waals surface area contributed by atoms with Gasteiger partial charge in [-0.25, -0.2) is 4.98 Å². The van der Waals surface area contributed by atoms with E-state index in [9.17, 15) is 20.7 Å². The van der Waals surface area contributed by atoms with E-state index in [1.54, 1.807) is 55.5 Å².